The van der Waals surface area contributed by atoms with Crippen molar-refractivity contribution in [1.29, 1.82) is 0 Å². The molecule has 0 N–H and O–H groups in total. The average Bonchev–Trinajstić information content (AvgIpc) is 2.98. The first-order valence-corrected chi connectivity index (χ1v) is 5.31. The molecule has 0 atom stereocenters. The van der Waals surface area contributed by atoms with Gasteiger partial charge in [-0.25, -0.2) is 4.98 Å². The van der Waals surface area contributed by atoms with Crippen molar-refractivity contribution in [3.05, 3.63) is 17.0 Å². The number of ether oxygens (including phenoxy) is 2. The monoisotopic (exact) mass is 228 g/mol. The van der Waals surface area contributed by atoms with Gasteiger partial charge in [-0.1, -0.05) is 11.6 Å². The number of rotatable bonds is 5. The van der Waals surface area contributed by atoms with Gasteiger partial charge in [0, 0.05) is 13.2 Å². The van der Waals surface area contributed by atoms with E-state index in [1.165, 1.54) is 12.8 Å². The van der Waals surface area contributed by atoms with Gasteiger partial charge in [-0.2, -0.15) is 4.98 Å². The van der Waals surface area contributed by atoms with E-state index in [2.05, 4.69) is 9.97 Å². The lowest BCUT2D eigenvalue weighted by molar-refractivity contribution is 0.176. The molecule has 0 aliphatic heterocycles. The Labute approximate surface area is 93.6 Å². The van der Waals surface area contributed by atoms with Crippen molar-refractivity contribution in [2.45, 2.75) is 19.4 Å². The summed E-state index contributed by atoms with van der Waals surface area (Å²) < 4.78 is 10.4. The minimum Gasteiger partial charge on any atom is -0.477 e. The second-order valence-corrected chi connectivity index (χ2v) is 4.02. The lowest BCUT2D eigenvalue weighted by Gasteiger charge is -2.06. The van der Waals surface area contributed by atoms with Gasteiger partial charge in [0.1, 0.15) is 11.8 Å². The van der Waals surface area contributed by atoms with Crippen LogP contribution in [0.1, 0.15) is 18.7 Å². The first kappa shape index (κ1) is 10.6. The van der Waals surface area contributed by atoms with E-state index in [9.17, 15) is 0 Å². The van der Waals surface area contributed by atoms with Crippen molar-refractivity contribution in [1.82, 2.24) is 9.97 Å². The van der Waals surface area contributed by atoms with E-state index >= 15 is 0 Å². The van der Waals surface area contributed by atoms with E-state index in [0.717, 1.165) is 6.61 Å². The summed E-state index contributed by atoms with van der Waals surface area (Å²) in [7, 11) is 1.59. The summed E-state index contributed by atoms with van der Waals surface area (Å²) in [6, 6.07) is 1.63. The SMILES string of the molecule is COCc1nc(Cl)cc(OCC2CC2)n1. The van der Waals surface area contributed by atoms with Gasteiger partial charge < -0.3 is 9.47 Å². The molecule has 0 amide bonds. The third kappa shape index (κ3) is 3.32. The van der Waals surface area contributed by atoms with Crippen molar-refractivity contribution in [3.63, 3.8) is 0 Å². The average molecular weight is 229 g/mol. The minimum atomic E-state index is 0.348. The zero-order valence-corrected chi connectivity index (χ0v) is 9.33. The van der Waals surface area contributed by atoms with Crippen LogP contribution in [-0.2, 0) is 11.3 Å². The molecule has 1 saturated carbocycles. The molecule has 0 unspecified atom stereocenters. The number of halogens is 1. The number of hydrogen-bond acceptors (Lipinski definition) is 4. The largest absolute Gasteiger partial charge is 0.477 e. The fourth-order valence-electron chi connectivity index (χ4n) is 1.20. The van der Waals surface area contributed by atoms with E-state index in [-0.39, 0.29) is 0 Å². The highest BCUT2D eigenvalue weighted by atomic mass is 35.5. The summed E-state index contributed by atoms with van der Waals surface area (Å²) in [6.07, 6.45) is 2.51. The molecule has 0 spiro atoms. The topological polar surface area (TPSA) is 44.2 Å². The molecule has 1 aliphatic carbocycles. The van der Waals surface area contributed by atoms with Crippen LogP contribution in [0.3, 0.4) is 0 Å². The smallest absolute Gasteiger partial charge is 0.218 e. The molecule has 1 aromatic rings. The maximum absolute atomic E-state index is 5.83. The Morgan fingerprint density at radius 3 is 2.93 bits per heavy atom. The quantitative estimate of drug-likeness (QED) is 0.724. The number of methoxy groups -OCH3 is 1. The molecular weight excluding hydrogens is 216 g/mol. The Hall–Kier alpha value is -0.870. The maximum Gasteiger partial charge on any atom is 0.218 e. The van der Waals surface area contributed by atoms with Crippen molar-refractivity contribution in [3.8, 4) is 5.88 Å². The second kappa shape index (κ2) is 4.77. The van der Waals surface area contributed by atoms with Crippen LogP contribution in [-0.4, -0.2) is 23.7 Å². The first-order valence-electron chi connectivity index (χ1n) is 4.93. The van der Waals surface area contributed by atoms with Gasteiger partial charge in [0.2, 0.25) is 5.88 Å². The molecule has 4 nitrogen and oxygen atoms in total. The molecule has 0 aromatic carbocycles. The lowest BCUT2D eigenvalue weighted by Crippen LogP contribution is -2.04. The fraction of sp³-hybridized carbons (Fsp3) is 0.600. The standard InChI is InChI=1S/C10H13ClN2O2/c1-14-6-9-12-8(11)4-10(13-9)15-5-7-2-3-7/h4,7H,2-3,5-6H2,1H3. The molecule has 5 heteroatoms. The zero-order chi connectivity index (χ0) is 10.7. The summed E-state index contributed by atoms with van der Waals surface area (Å²) in [5.74, 6) is 1.79. The van der Waals surface area contributed by atoms with Crippen LogP contribution in [0, 0.1) is 5.92 Å². The fourth-order valence-corrected chi connectivity index (χ4v) is 1.39. The van der Waals surface area contributed by atoms with Crippen LogP contribution in [0.4, 0.5) is 0 Å². The van der Waals surface area contributed by atoms with Crippen LogP contribution in [0.15, 0.2) is 6.07 Å². The Morgan fingerprint density at radius 2 is 2.27 bits per heavy atom. The van der Waals surface area contributed by atoms with Gasteiger partial charge in [0.25, 0.3) is 0 Å². The third-order valence-electron chi connectivity index (χ3n) is 2.15. The van der Waals surface area contributed by atoms with E-state index in [0.29, 0.717) is 29.4 Å². The molecule has 1 heterocycles. The van der Waals surface area contributed by atoms with Gasteiger partial charge in [-0.15, -0.1) is 0 Å². The second-order valence-electron chi connectivity index (χ2n) is 3.63. The zero-order valence-electron chi connectivity index (χ0n) is 8.57. The van der Waals surface area contributed by atoms with E-state index in [1.54, 1.807) is 13.2 Å². The van der Waals surface area contributed by atoms with E-state index in [4.69, 9.17) is 21.1 Å². The minimum absolute atomic E-state index is 0.348. The van der Waals surface area contributed by atoms with Crippen molar-refractivity contribution in [2.75, 3.05) is 13.7 Å². The van der Waals surface area contributed by atoms with Crippen molar-refractivity contribution in [2.24, 2.45) is 5.92 Å². The molecular formula is C10H13ClN2O2. The maximum atomic E-state index is 5.83. The van der Waals surface area contributed by atoms with Crippen LogP contribution < -0.4 is 4.74 Å². The predicted molar refractivity (Wildman–Crippen MR) is 56.0 cm³/mol. The molecule has 1 fully saturated rings. The van der Waals surface area contributed by atoms with Gasteiger partial charge in [0.15, 0.2) is 5.82 Å². The summed E-state index contributed by atoms with van der Waals surface area (Å²) in [6.45, 7) is 1.07. The molecule has 0 radical (unpaired) electrons. The van der Waals surface area contributed by atoms with Gasteiger partial charge in [-0.05, 0) is 18.8 Å². The summed E-state index contributed by atoms with van der Waals surface area (Å²) in [5.41, 5.74) is 0. The highest BCUT2D eigenvalue weighted by molar-refractivity contribution is 6.29. The molecule has 2 rings (SSSR count). The Kier molecular flexibility index (Phi) is 3.38. The molecule has 15 heavy (non-hydrogen) atoms. The first-order chi connectivity index (χ1) is 7.28. The molecule has 1 aromatic heterocycles. The summed E-state index contributed by atoms with van der Waals surface area (Å²) in [5, 5.41) is 0.392. The van der Waals surface area contributed by atoms with Gasteiger partial charge in [-0.3, -0.25) is 0 Å². The molecule has 0 saturated heterocycles. The summed E-state index contributed by atoms with van der Waals surface area (Å²) in [4.78, 5) is 8.20. The number of aromatic nitrogens is 2. The van der Waals surface area contributed by atoms with Crippen LogP contribution >= 0.6 is 11.6 Å². The Morgan fingerprint density at radius 1 is 1.47 bits per heavy atom. The summed E-state index contributed by atoms with van der Waals surface area (Å²) >= 11 is 5.83. The van der Waals surface area contributed by atoms with Gasteiger partial charge in [0.05, 0.1) is 6.61 Å². The molecule has 1 aliphatic rings. The Bertz CT molecular complexity index is 342. The highest BCUT2D eigenvalue weighted by Gasteiger charge is 2.22. The Balaban J connectivity index is 2.00. The van der Waals surface area contributed by atoms with Crippen LogP contribution in [0.2, 0.25) is 5.15 Å². The van der Waals surface area contributed by atoms with Crippen LogP contribution in [0.5, 0.6) is 5.88 Å². The third-order valence-corrected chi connectivity index (χ3v) is 2.35. The molecule has 82 valence electrons. The normalized spacial score (nSPS) is 15.3. The van der Waals surface area contributed by atoms with E-state index < -0.39 is 0 Å². The predicted octanol–water partition coefficient (Wildman–Crippen LogP) is 2.07. The molecule has 0 bridgehead atoms. The van der Waals surface area contributed by atoms with Crippen molar-refractivity contribution < 1.29 is 9.47 Å². The number of nitrogens with zero attached hydrogens (tertiary/aromatic N) is 2. The number of hydrogen-bond donors (Lipinski definition) is 0. The highest BCUT2D eigenvalue weighted by Crippen LogP contribution is 2.29. The van der Waals surface area contributed by atoms with E-state index in [1.807, 2.05) is 0 Å². The van der Waals surface area contributed by atoms with Crippen molar-refractivity contribution >= 4 is 11.6 Å². The van der Waals surface area contributed by atoms with Gasteiger partial charge >= 0.3 is 0 Å². The van der Waals surface area contributed by atoms with Crippen LogP contribution in [0.25, 0.3) is 0 Å². The lowest BCUT2D eigenvalue weighted by atomic mass is 10.5.